The molecule has 19 heavy (non-hydrogen) atoms. The van der Waals surface area contributed by atoms with E-state index in [2.05, 4.69) is 15.9 Å². The maximum Gasteiger partial charge on any atom is 0.305 e. The van der Waals surface area contributed by atoms with Gasteiger partial charge in [0.15, 0.2) is 9.84 Å². The van der Waals surface area contributed by atoms with Crippen LogP contribution in [-0.4, -0.2) is 37.8 Å². The average molecular weight is 348 g/mol. The number of carbonyl (C=O) groups is 1. The number of carboxylic acid groups (broad SMARTS) is 1. The molecule has 0 aromatic heterocycles. The Labute approximate surface area is 120 Å². The van der Waals surface area contributed by atoms with E-state index in [-0.39, 0.29) is 23.1 Å². The van der Waals surface area contributed by atoms with E-state index in [0.29, 0.717) is 16.7 Å². The topological polar surface area (TPSA) is 74.7 Å². The first-order valence-electron chi connectivity index (χ1n) is 5.82. The molecule has 1 unspecified atom stereocenters. The van der Waals surface area contributed by atoms with Crippen molar-refractivity contribution in [2.24, 2.45) is 0 Å². The van der Waals surface area contributed by atoms with Crippen molar-refractivity contribution in [3.8, 4) is 0 Å². The zero-order valence-corrected chi connectivity index (χ0v) is 12.7. The highest BCUT2D eigenvalue weighted by molar-refractivity contribution is 9.10. The van der Waals surface area contributed by atoms with Gasteiger partial charge >= 0.3 is 5.97 Å². The number of hydrogen-bond donors (Lipinski definition) is 1. The highest BCUT2D eigenvalue weighted by atomic mass is 79.9. The number of sulfone groups is 1. The van der Waals surface area contributed by atoms with Crippen molar-refractivity contribution in [3.63, 3.8) is 0 Å². The van der Waals surface area contributed by atoms with E-state index in [4.69, 9.17) is 5.11 Å². The molecule has 104 valence electrons. The van der Waals surface area contributed by atoms with Crippen molar-refractivity contribution in [2.45, 2.75) is 24.3 Å². The minimum Gasteiger partial charge on any atom is -0.481 e. The molecule has 1 atom stereocenters. The minimum atomic E-state index is -3.30. The number of anilines is 1. The van der Waals surface area contributed by atoms with Crippen LogP contribution in [0.15, 0.2) is 27.6 Å². The van der Waals surface area contributed by atoms with Crippen LogP contribution in [0.25, 0.3) is 0 Å². The summed E-state index contributed by atoms with van der Waals surface area (Å²) < 4.78 is 25.0. The van der Waals surface area contributed by atoms with Crippen molar-refractivity contribution in [1.29, 1.82) is 0 Å². The summed E-state index contributed by atoms with van der Waals surface area (Å²) in [4.78, 5) is 12.8. The van der Waals surface area contributed by atoms with Gasteiger partial charge in [0, 0.05) is 17.1 Å². The summed E-state index contributed by atoms with van der Waals surface area (Å²) in [7, 11) is -3.30. The predicted molar refractivity (Wildman–Crippen MR) is 75.3 cm³/mol. The number of nitrogens with zero attached hydrogens (tertiary/aromatic N) is 1. The summed E-state index contributed by atoms with van der Waals surface area (Å²) in [5.74, 6) is -0.880. The van der Waals surface area contributed by atoms with Crippen molar-refractivity contribution in [2.75, 3.05) is 17.2 Å². The fourth-order valence-electron chi connectivity index (χ4n) is 2.27. The van der Waals surface area contributed by atoms with E-state index in [9.17, 15) is 13.2 Å². The molecule has 0 saturated carbocycles. The summed E-state index contributed by atoms with van der Waals surface area (Å²) in [6, 6.07) is 4.83. The average Bonchev–Trinajstić information content (AvgIpc) is 2.28. The van der Waals surface area contributed by atoms with Gasteiger partial charge in [-0.15, -0.1) is 0 Å². The quantitative estimate of drug-likeness (QED) is 0.903. The second-order valence-electron chi connectivity index (χ2n) is 4.58. The van der Waals surface area contributed by atoms with Gasteiger partial charge in [0.05, 0.1) is 22.8 Å². The fourth-order valence-corrected chi connectivity index (χ4v) is 4.58. The molecular formula is C12H14BrNO4S. The van der Waals surface area contributed by atoms with Gasteiger partial charge in [0.25, 0.3) is 0 Å². The van der Waals surface area contributed by atoms with Crippen LogP contribution in [0.1, 0.15) is 13.3 Å². The lowest BCUT2D eigenvalue weighted by Gasteiger charge is -2.36. The summed E-state index contributed by atoms with van der Waals surface area (Å²) in [5.41, 5.74) is 0.586. The van der Waals surface area contributed by atoms with E-state index < -0.39 is 15.8 Å². The summed E-state index contributed by atoms with van der Waals surface area (Å²) in [5, 5.41) is 8.77. The van der Waals surface area contributed by atoms with E-state index in [0.717, 1.165) is 0 Å². The number of rotatable bonds is 3. The molecule has 0 radical (unpaired) electrons. The van der Waals surface area contributed by atoms with Crippen LogP contribution < -0.4 is 4.90 Å². The standard InChI is InChI=1S/C12H14BrNO4S/c1-8-7-19(17,18)11-6-9(13)2-3-10(11)14(8)5-4-12(15)16/h2-3,6,8H,4-5,7H2,1H3,(H,15,16). The monoisotopic (exact) mass is 347 g/mol. The van der Waals surface area contributed by atoms with Gasteiger partial charge in [-0.25, -0.2) is 8.42 Å². The highest BCUT2D eigenvalue weighted by Crippen LogP contribution is 2.35. The Morgan fingerprint density at radius 2 is 2.21 bits per heavy atom. The maximum atomic E-state index is 12.2. The zero-order valence-electron chi connectivity index (χ0n) is 10.3. The van der Waals surface area contributed by atoms with E-state index in [1.807, 2.05) is 4.90 Å². The Bertz CT molecular complexity index is 614. The Balaban J connectivity index is 2.45. The second-order valence-corrected chi connectivity index (χ2v) is 7.50. The molecule has 1 aromatic carbocycles. The first-order valence-corrected chi connectivity index (χ1v) is 8.26. The molecule has 0 fully saturated rings. The van der Waals surface area contributed by atoms with Crippen LogP contribution in [0, 0.1) is 0 Å². The number of carboxylic acids is 1. The van der Waals surface area contributed by atoms with Crippen molar-refractivity contribution < 1.29 is 18.3 Å². The Hall–Kier alpha value is -1.08. The van der Waals surface area contributed by atoms with Crippen molar-refractivity contribution in [3.05, 3.63) is 22.7 Å². The predicted octanol–water partition coefficient (Wildman–Crippen LogP) is 1.91. The SMILES string of the molecule is CC1CS(=O)(=O)c2cc(Br)ccc2N1CCC(=O)O. The summed E-state index contributed by atoms with van der Waals surface area (Å²) in [6.07, 6.45) is -0.0140. The molecule has 1 heterocycles. The zero-order chi connectivity index (χ0) is 14.2. The third-order valence-corrected chi connectivity index (χ3v) is 5.54. The lowest BCUT2D eigenvalue weighted by atomic mass is 10.2. The molecule has 7 heteroatoms. The number of hydrogen-bond acceptors (Lipinski definition) is 4. The maximum absolute atomic E-state index is 12.2. The highest BCUT2D eigenvalue weighted by Gasteiger charge is 2.33. The first-order chi connectivity index (χ1) is 8.81. The summed E-state index contributed by atoms with van der Waals surface area (Å²) in [6.45, 7) is 2.10. The van der Waals surface area contributed by atoms with Gasteiger partial charge < -0.3 is 10.0 Å². The number of aliphatic carboxylic acids is 1. The lowest BCUT2D eigenvalue weighted by molar-refractivity contribution is -0.136. The molecule has 5 nitrogen and oxygen atoms in total. The van der Waals surface area contributed by atoms with Crippen molar-refractivity contribution >= 4 is 37.4 Å². The van der Waals surface area contributed by atoms with Gasteiger partial charge in [0.1, 0.15) is 0 Å². The molecule has 2 rings (SSSR count). The Morgan fingerprint density at radius 3 is 2.84 bits per heavy atom. The van der Waals surface area contributed by atoms with Crippen LogP contribution in [0.3, 0.4) is 0 Å². The van der Waals surface area contributed by atoms with Crippen LogP contribution in [0.2, 0.25) is 0 Å². The van der Waals surface area contributed by atoms with E-state index in [1.54, 1.807) is 25.1 Å². The van der Waals surface area contributed by atoms with Gasteiger partial charge in [0.2, 0.25) is 0 Å². The molecule has 1 aromatic rings. The molecule has 0 aliphatic carbocycles. The van der Waals surface area contributed by atoms with E-state index >= 15 is 0 Å². The first kappa shape index (κ1) is 14.3. The van der Waals surface area contributed by atoms with Gasteiger partial charge in [-0.05, 0) is 25.1 Å². The normalized spacial score (nSPS) is 20.9. The molecule has 1 aliphatic heterocycles. The molecule has 0 spiro atoms. The molecule has 1 aliphatic rings. The van der Waals surface area contributed by atoms with Crippen LogP contribution >= 0.6 is 15.9 Å². The fraction of sp³-hybridized carbons (Fsp3) is 0.417. The third kappa shape index (κ3) is 2.92. The number of halogens is 1. The third-order valence-electron chi connectivity index (χ3n) is 3.13. The second kappa shape index (κ2) is 5.13. The Kier molecular flexibility index (Phi) is 3.87. The van der Waals surface area contributed by atoms with E-state index in [1.165, 1.54) is 0 Å². The van der Waals surface area contributed by atoms with Gasteiger partial charge in [-0.3, -0.25) is 4.79 Å². The Morgan fingerprint density at radius 1 is 1.53 bits per heavy atom. The van der Waals surface area contributed by atoms with Gasteiger partial charge in [-0.2, -0.15) is 0 Å². The molecular weight excluding hydrogens is 334 g/mol. The van der Waals surface area contributed by atoms with Crippen LogP contribution in [-0.2, 0) is 14.6 Å². The summed E-state index contributed by atoms with van der Waals surface area (Å²) >= 11 is 3.26. The van der Waals surface area contributed by atoms with Crippen LogP contribution in [0.4, 0.5) is 5.69 Å². The smallest absolute Gasteiger partial charge is 0.305 e. The number of fused-ring (bicyclic) bond motifs is 1. The largest absolute Gasteiger partial charge is 0.481 e. The van der Waals surface area contributed by atoms with Crippen LogP contribution in [0.5, 0.6) is 0 Å². The number of benzene rings is 1. The van der Waals surface area contributed by atoms with Crippen molar-refractivity contribution in [1.82, 2.24) is 0 Å². The minimum absolute atomic E-state index is 0.00999. The molecule has 0 amide bonds. The lowest BCUT2D eigenvalue weighted by Crippen LogP contribution is -2.43. The molecule has 0 bridgehead atoms. The van der Waals surface area contributed by atoms with Gasteiger partial charge in [-0.1, -0.05) is 15.9 Å². The molecule has 1 N–H and O–H groups in total. The molecule has 0 saturated heterocycles.